The maximum absolute atomic E-state index is 5.17. The summed E-state index contributed by atoms with van der Waals surface area (Å²) >= 11 is 4.50. The molecular formula is C9H18OS. The van der Waals surface area contributed by atoms with Crippen LogP contribution >= 0.6 is 12.6 Å². The van der Waals surface area contributed by atoms with Gasteiger partial charge in [-0.3, -0.25) is 0 Å². The number of hydrogen-bond donors (Lipinski definition) is 1. The summed E-state index contributed by atoms with van der Waals surface area (Å²) in [4.78, 5) is 0. The lowest BCUT2D eigenvalue weighted by Crippen LogP contribution is -2.12. The van der Waals surface area contributed by atoms with Crippen LogP contribution in [-0.2, 0) is 4.74 Å². The minimum Gasteiger partial charge on any atom is -0.384 e. The lowest BCUT2D eigenvalue weighted by Gasteiger charge is -2.15. The van der Waals surface area contributed by atoms with Crippen LogP contribution in [0.15, 0.2) is 0 Å². The van der Waals surface area contributed by atoms with Gasteiger partial charge in [-0.2, -0.15) is 12.6 Å². The van der Waals surface area contributed by atoms with E-state index in [9.17, 15) is 0 Å². The van der Waals surface area contributed by atoms with Gasteiger partial charge in [0.1, 0.15) is 0 Å². The number of ether oxygens (including phenoxy) is 1. The van der Waals surface area contributed by atoms with Crippen LogP contribution in [0.3, 0.4) is 0 Å². The Labute approximate surface area is 74.9 Å². The Hall–Kier alpha value is 0.310. The van der Waals surface area contributed by atoms with Gasteiger partial charge in [-0.15, -0.1) is 0 Å². The standard InChI is InChI=1S/C9H18OS/c1-3-7-4-9(11)5-8(7)6-10-2/h7-9,11H,3-6H2,1-2H3. The van der Waals surface area contributed by atoms with Crippen LogP contribution in [0.1, 0.15) is 26.2 Å². The Balaban J connectivity index is 2.37. The van der Waals surface area contributed by atoms with Gasteiger partial charge in [0.2, 0.25) is 0 Å². The van der Waals surface area contributed by atoms with Gasteiger partial charge < -0.3 is 4.74 Å². The van der Waals surface area contributed by atoms with Crippen molar-refractivity contribution in [3.63, 3.8) is 0 Å². The second-order valence-electron chi connectivity index (χ2n) is 3.51. The molecule has 0 N–H and O–H groups in total. The van der Waals surface area contributed by atoms with E-state index in [0.29, 0.717) is 5.25 Å². The van der Waals surface area contributed by atoms with E-state index in [-0.39, 0.29) is 0 Å². The fourth-order valence-electron chi connectivity index (χ4n) is 2.10. The van der Waals surface area contributed by atoms with Crippen LogP contribution in [-0.4, -0.2) is 19.0 Å². The van der Waals surface area contributed by atoms with E-state index < -0.39 is 0 Å². The van der Waals surface area contributed by atoms with Gasteiger partial charge in [-0.1, -0.05) is 13.3 Å². The van der Waals surface area contributed by atoms with Crippen molar-refractivity contribution in [2.75, 3.05) is 13.7 Å². The summed E-state index contributed by atoms with van der Waals surface area (Å²) in [5, 5.41) is 0.625. The lowest BCUT2D eigenvalue weighted by atomic mass is 9.95. The smallest absolute Gasteiger partial charge is 0.0493 e. The first-order valence-electron chi connectivity index (χ1n) is 4.45. The molecule has 66 valence electrons. The minimum absolute atomic E-state index is 0.625. The molecule has 0 aromatic heterocycles. The molecule has 1 fully saturated rings. The minimum atomic E-state index is 0.625. The van der Waals surface area contributed by atoms with E-state index in [4.69, 9.17) is 4.74 Å². The van der Waals surface area contributed by atoms with E-state index in [2.05, 4.69) is 19.6 Å². The van der Waals surface area contributed by atoms with E-state index in [1.54, 1.807) is 7.11 Å². The fraction of sp³-hybridized carbons (Fsp3) is 1.00. The SMILES string of the molecule is CCC1CC(S)CC1COC. The number of methoxy groups -OCH3 is 1. The molecule has 0 amide bonds. The molecule has 0 aliphatic heterocycles. The average Bonchev–Trinajstić information content (AvgIpc) is 2.32. The molecular weight excluding hydrogens is 156 g/mol. The average molecular weight is 174 g/mol. The molecule has 0 aromatic rings. The Bertz CT molecular complexity index is 116. The van der Waals surface area contributed by atoms with Gasteiger partial charge in [0.15, 0.2) is 0 Å². The summed E-state index contributed by atoms with van der Waals surface area (Å²) in [5.41, 5.74) is 0. The number of hydrogen-bond acceptors (Lipinski definition) is 2. The van der Waals surface area contributed by atoms with Crippen LogP contribution < -0.4 is 0 Å². The zero-order valence-corrected chi connectivity index (χ0v) is 8.31. The molecule has 1 aliphatic carbocycles. The van der Waals surface area contributed by atoms with E-state index in [1.165, 1.54) is 19.3 Å². The van der Waals surface area contributed by atoms with Crippen molar-refractivity contribution in [2.45, 2.75) is 31.4 Å². The molecule has 2 heteroatoms. The molecule has 3 unspecified atom stereocenters. The van der Waals surface area contributed by atoms with Gasteiger partial charge in [0, 0.05) is 19.0 Å². The lowest BCUT2D eigenvalue weighted by molar-refractivity contribution is 0.132. The molecule has 0 bridgehead atoms. The highest BCUT2D eigenvalue weighted by atomic mass is 32.1. The molecule has 3 atom stereocenters. The quantitative estimate of drug-likeness (QED) is 0.646. The third-order valence-electron chi connectivity index (χ3n) is 2.72. The molecule has 1 aliphatic rings. The maximum Gasteiger partial charge on any atom is 0.0493 e. The first-order valence-corrected chi connectivity index (χ1v) is 4.96. The third-order valence-corrected chi connectivity index (χ3v) is 3.14. The normalized spacial score (nSPS) is 37.9. The summed E-state index contributed by atoms with van der Waals surface area (Å²) < 4.78 is 5.17. The van der Waals surface area contributed by atoms with E-state index in [0.717, 1.165) is 18.4 Å². The molecule has 1 rings (SSSR count). The van der Waals surface area contributed by atoms with Crippen LogP contribution in [0.2, 0.25) is 0 Å². The van der Waals surface area contributed by atoms with Crippen LogP contribution in [0.25, 0.3) is 0 Å². The van der Waals surface area contributed by atoms with Crippen molar-refractivity contribution in [2.24, 2.45) is 11.8 Å². The first kappa shape index (κ1) is 9.40. The van der Waals surface area contributed by atoms with Crippen LogP contribution in [0.4, 0.5) is 0 Å². The fourth-order valence-corrected chi connectivity index (χ4v) is 2.64. The second-order valence-corrected chi connectivity index (χ2v) is 4.24. The number of thiol groups is 1. The monoisotopic (exact) mass is 174 g/mol. The van der Waals surface area contributed by atoms with Gasteiger partial charge in [0.25, 0.3) is 0 Å². The predicted octanol–water partition coefficient (Wildman–Crippen LogP) is 2.37. The van der Waals surface area contributed by atoms with Gasteiger partial charge in [-0.25, -0.2) is 0 Å². The summed E-state index contributed by atoms with van der Waals surface area (Å²) in [7, 11) is 1.79. The summed E-state index contributed by atoms with van der Waals surface area (Å²) in [5.74, 6) is 1.63. The highest BCUT2D eigenvalue weighted by Crippen LogP contribution is 2.36. The highest BCUT2D eigenvalue weighted by Gasteiger charge is 2.30. The van der Waals surface area contributed by atoms with Crippen LogP contribution in [0.5, 0.6) is 0 Å². The molecule has 0 saturated heterocycles. The van der Waals surface area contributed by atoms with Crippen molar-refractivity contribution < 1.29 is 4.74 Å². The summed E-state index contributed by atoms with van der Waals surface area (Å²) in [6.07, 6.45) is 3.81. The Morgan fingerprint density at radius 3 is 2.55 bits per heavy atom. The van der Waals surface area contributed by atoms with Crippen molar-refractivity contribution in [1.29, 1.82) is 0 Å². The second kappa shape index (κ2) is 4.36. The topological polar surface area (TPSA) is 9.23 Å². The van der Waals surface area contributed by atoms with Crippen LogP contribution in [0, 0.1) is 11.8 Å². The van der Waals surface area contributed by atoms with Crippen molar-refractivity contribution in [3.05, 3.63) is 0 Å². The van der Waals surface area contributed by atoms with Crippen molar-refractivity contribution in [1.82, 2.24) is 0 Å². The molecule has 11 heavy (non-hydrogen) atoms. The molecule has 0 spiro atoms. The van der Waals surface area contributed by atoms with E-state index >= 15 is 0 Å². The number of rotatable bonds is 3. The van der Waals surface area contributed by atoms with Gasteiger partial charge >= 0.3 is 0 Å². The Morgan fingerprint density at radius 1 is 1.36 bits per heavy atom. The maximum atomic E-state index is 5.17. The summed E-state index contributed by atoms with van der Waals surface area (Å²) in [6.45, 7) is 3.19. The van der Waals surface area contributed by atoms with Gasteiger partial charge in [0.05, 0.1) is 0 Å². The molecule has 1 nitrogen and oxygen atoms in total. The summed E-state index contributed by atoms with van der Waals surface area (Å²) in [6, 6.07) is 0. The molecule has 1 saturated carbocycles. The Morgan fingerprint density at radius 2 is 2.00 bits per heavy atom. The first-order chi connectivity index (χ1) is 5.27. The third kappa shape index (κ3) is 2.38. The highest BCUT2D eigenvalue weighted by molar-refractivity contribution is 7.80. The van der Waals surface area contributed by atoms with E-state index in [1.807, 2.05) is 0 Å². The molecule has 0 radical (unpaired) electrons. The zero-order valence-electron chi connectivity index (χ0n) is 7.42. The largest absolute Gasteiger partial charge is 0.384 e. The van der Waals surface area contributed by atoms with Crippen molar-refractivity contribution >= 4 is 12.6 Å². The predicted molar refractivity (Wildman–Crippen MR) is 51.2 cm³/mol. The molecule has 0 aromatic carbocycles. The molecule has 0 heterocycles. The Kier molecular flexibility index (Phi) is 3.73. The zero-order chi connectivity index (χ0) is 8.27. The van der Waals surface area contributed by atoms with Gasteiger partial charge in [-0.05, 0) is 24.7 Å². The van der Waals surface area contributed by atoms with Crippen molar-refractivity contribution in [3.8, 4) is 0 Å².